The highest BCUT2D eigenvalue weighted by molar-refractivity contribution is 5.79. The van der Waals surface area contributed by atoms with Crippen molar-refractivity contribution in [1.29, 1.82) is 0 Å². The summed E-state index contributed by atoms with van der Waals surface area (Å²) in [5.74, 6) is -2.36. The topological polar surface area (TPSA) is 104 Å². The minimum atomic E-state index is -1.61. The van der Waals surface area contributed by atoms with Crippen molar-refractivity contribution in [2.45, 2.75) is 71.7 Å². The summed E-state index contributed by atoms with van der Waals surface area (Å²) in [6.45, 7) is 8.96. The Morgan fingerprint density at radius 1 is 1.16 bits per heavy atom. The SMILES string of the molecule is CC(=O)O[C@@H]1[C@@H](O)[C@](C)(O)[C@@H](/C=C/C(=O)O)[C@@]2(C)CCCC(C)(C)[C@@H]12. The molecule has 0 spiro atoms. The summed E-state index contributed by atoms with van der Waals surface area (Å²) in [5, 5.41) is 31.0. The van der Waals surface area contributed by atoms with E-state index >= 15 is 0 Å². The molecular weight excluding hydrogens is 324 g/mol. The van der Waals surface area contributed by atoms with Gasteiger partial charge in [-0.05, 0) is 30.6 Å². The molecule has 0 aromatic heterocycles. The average molecular weight is 354 g/mol. The van der Waals surface area contributed by atoms with E-state index in [-0.39, 0.29) is 11.3 Å². The van der Waals surface area contributed by atoms with Crippen molar-refractivity contribution in [3.8, 4) is 0 Å². The zero-order valence-corrected chi connectivity index (χ0v) is 15.7. The van der Waals surface area contributed by atoms with Gasteiger partial charge in [-0.2, -0.15) is 0 Å². The van der Waals surface area contributed by atoms with E-state index in [0.717, 1.165) is 25.3 Å². The van der Waals surface area contributed by atoms with Crippen molar-refractivity contribution in [1.82, 2.24) is 0 Å². The summed E-state index contributed by atoms with van der Waals surface area (Å²) in [4.78, 5) is 22.7. The second-order valence-corrected chi connectivity index (χ2v) is 8.75. The maximum absolute atomic E-state index is 11.6. The number of carboxylic acids is 1. The lowest BCUT2D eigenvalue weighted by atomic mass is 9.44. The molecule has 6 nitrogen and oxygen atoms in total. The third-order valence-corrected chi connectivity index (χ3v) is 6.40. The largest absolute Gasteiger partial charge is 0.478 e. The predicted molar refractivity (Wildman–Crippen MR) is 91.7 cm³/mol. The van der Waals surface area contributed by atoms with Crippen LogP contribution in [0.4, 0.5) is 0 Å². The molecule has 2 aliphatic carbocycles. The van der Waals surface area contributed by atoms with Crippen LogP contribution in [0.15, 0.2) is 12.2 Å². The van der Waals surface area contributed by atoms with Crippen LogP contribution in [-0.2, 0) is 14.3 Å². The molecule has 0 aliphatic heterocycles. The van der Waals surface area contributed by atoms with Crippen LogP contribution in [0.25, 0.3) is 0 Å². The van der Waals surface area contributed by atoms with Gasteiger partial charge in [0.15, 0.2) is 0 Å². The Labute approximate surface area is 148 Å². The van der Waals surface area contributed by atoms with Gasteiger partial charge in [-0.15, -0.1) is 0 Å². The number of aliphatic hydroxyl groups excluding tert-OH is 1. The maximum Gasteiger partial charge on any atom is 0.327 e. The Bertz CT molecular complexity index is 578. The number of hydrogen-bond acceptors (Lipinski definition) is 5. The lowest BCUT2D eigenvalue weighted by molar-refractivity contribution is -0.261. The lowest BCUT2D eigenvalue weighted by Gasteiger charge is -2.63. The summed E-state index contributed by atoms with van der Waals surface area (Å²) >= 11 is 0. The van der Waals surface area contributed by atoms with E-state index in [1.165, 1.54) is 19.9 Å². The van der Waals surface area contributed by atoms with Crippen LogP contribution in [0.1, 0.15) is 53.9 Å². The Balaban J connectivity index is 2.61. The van der Waals surface area contributed by atoms with E-state index in [2.05, 4.69) is 13.8 Å². The van der Waals surface area contributed by atoms with Crippen molar-refractivity contribution in [2.75, 3.05) is 0 Å². The Hall–Kier alpha value is -1.40. The van der Waals surface area contributed by atoms with Gasteiger partial charge in [0.25, 0.3) is 0 Å². The van der Waals surface area contributed by atoms with Crippen molar-refractivity contribution in [3.63, 3.8) is 0 Å². The molecule has 6 heteroatoms. The molecule has 2 saturated carbocycles. The molecule has 25 heavy (non-hydrogen) atoms. The number of aliphatic carboxylic acids is 1. The quantitative estimate of drug-likeness (QED) is 0.530. The summed E-state index contributed by atoms with van der Waals surface area (Å²) in [5.41, 5.74) is -2.33. The van der Waals surface area contributed by atoms with Gasteiger partial charge in [0.05, 0.1) is 5.60 Å². The van der Waals surface area contributed by atoms with Gasteiger partial charge >= 0.3 is 11.9 Å². The molecule has 0 saturated heterocycles. The van der Waals surface area contributed by atoms with Gasteiger partial charge in [0.2, 0.25) is 0 Å². The molecule has 2 rings (SSSR count). The van der Waals surface area contributed by atoms with Crippen molar-refractivity contribution in [2.24, 2.45) is 22.7 Å². The molecule has 2 aliphatic rings. The molecule has 2 fully saturated rings. The van der Waals surface area contributed by atoms with Crippen LogP contribution < -0.4 is 0 Å². The Kier molecular flexibility index (Phi) is 5.10. The second kappa shape index (κ2) is 6.40. The number of carbonyl (C=O) groups excluding carboxylic acids is 1. The van der Waals surface area contributed by atoms with Crippen LogP contribution in [0.3, 0.4) is 0 Å². The van der Waals surface area contributed by atoms with Crippen LogP contribution in [0, 0.1) is 22.7 Å². The fraction of sp³-hybridized carbons (Fsp3) is 0.789. The van der Waals surface area contributed by atoms with Crippen molar-refractivity contribution < 1.29 is 29.6 Å². The number of carboxylic acid groups (broad SMARTS) is 1. The lowest BCUT2D eigenvalue weighted by Crippen LogP contribution is -2.70. The molecule has 6 atom stereocenters. The second-order valence-electron chi connectivity index (χ2n) is 8.75. The number of esters is 1. The Morgan fingerprint density at radius 3 is 2.28 bits per heavy atom. The number of ether oxygens (including phenoxy) is 1. The van der Waals surface area contributed by atoms with Crippen LogP contribution in [0.5, 0.6) is 0 Å². The van der Waals surface area contributed by atoms with Gasteiger partial charge in [0, 0.05) is 24.8 Å². The molecule has 3 N–H and O–H groups in total. The third kappa shape index (κ3) is 3.34. The number of carbonyl (C=O) groups is 2. The Morgan fingerprint density at radius 2 is 1.76 bits per heavy atom. The first-order valence-electron chi connectivity index (χ1n) is 8.83. The highest BCUT2D eigenvalue weighted by Crippen LogP contribution is 2.62. The predicted octanol–water partition coefficient (Wildman–Crippen LogP) is 2.13. The van der Waals surface area contributed by atoms with Crippen LogP contribution >= 0.6 is 0 Å². The van der Waals surface area contributed by atoms with Crippen molar-refractivity contribution >= 4 is 11.9 Å². The molecule has 0 aromatic carbocycles. The van der Waals surface area contributed by atoms with Crippen molar-refractivity contribution in [3.05, 3.63) is 12.2 Å². The third-order valence-electron chi connectivity index (χ3n) is 6.40. The van der Waals surface area contributed by atoms with E-state index in [1.807, 2.05) is 6.92 Å². The fourth-order valence-corrected chi connectivity index (χ4v) is 5.58. The van der Waals surface area contributed by atoms with E-state index in [9.17, 15) is 19.8 Å². The first-order valence-corrected chi connectivity index (χ1v) is 8.83. The standard InChI is InChI=1S/C19H30O6/c1-11(20)25-14-15-17(2,3)9-6-10-18(15,4)12(7-8-13(21)22)19(5,24)16(14)23/h7-8,12,14-16,23-24H,6,9-10H2,1-5H3,(H,21,22)/b8-7+/t12-,14-,15+,16+,18+,19+/m0/s1. The molecular formula is C19H30O6. The van der Waals surface area contributed by atoms with E-state index < -0.39 is 41.1 Å². The number of rotatable bonds is 3. The van der Waals surface area contributed by atoms with E-state index in [4.69, 9.17) is 9.84 Å². The highest BCUT2D eigenvalue weighted by atomic mass is 16.6. The van der Waals surface area contributed by atoms with Gasteiger partial charge < -0.3 is 20.1 Å². The van der Waals surface area contributed by atoms with Crippen LogP contribution in [-0.4, -0.2) is 45.1 Å². The fourth-order valence-electron chi connectivity index (χ4n) is 5.58. The molecule has 0 aromatic rings. The van der Waals surface area contributed by atoms with Gasteiger partial charge in [0.1, 0.15) is 12.2 Å². The summed E-state index contributed by atoms with van der Waals surface area (Å²) < 4.78 is 5.49. The van der Waals surface area contributed by atoms with E-state index in [0.29, 0.717) is 0 Å². The number of aliphatic hydroxyl groups is 2. The molecule has 0 bridgehead atoms. The molecule has 0 amide bonds. The molecule has 142 valence electrons. The minimum Gasteiger partial charge on any atom is -0.478 e. The summed E-state index contributed by atoms with van der Waals surface area (Å²) in [7, 11) is 0. The molecule has 0 heterocycles. The van der Waals surface area contributed by atoms with E-state index in [1.54, 1.807) is 0 Å². The first kappa shape index (κ1) is 19.9. The van der Waals surface area contributed by atoms with Gasteiger partial charge in [-0.3, -0.25) is 4.79 Å². The number of hydrogen-bond donors (Lipinski definition) is 3. The number of fused-ring (bicyclic) bond motifs is 1. The first-order chi connectivity index (χ1) is 11.3. The molecule has 0 radical (unpaired) electrons. The minimum absolute atomic E-state index is 0.198. The maximum atomic E-state index is 11.6. The average Bonchev–Trinajstić information content (AvgIpc) is 2.42. The zero-order valence-electron chi connectivity index (χ0n) is 15.7. The summed E-state index contributed by atoms with van der Waals surface area (Å²) in [6, 6.07) is 0. The monoisotopic (exact) mass is 354 g/mol. The smallest absolute Gasteiger partial charge is 0.327 e. The zero-order chi connectivity index (χ0) is 19.2. The normalized spacial score (nSPS) is 43.5. The van der Waals surface area contributed by atoms with Gasteiger partial charge in [-0.25, -0.2) is 4.79 Å². The van der Waals surface area contributed by atoms with Crippen LogP contribution in [0.2, 0.25) is 0 Å². The highest BCUT2D eigenvalue weighted by Gasteiger charge is 2.65. The van der Waals surface area contributed by atoms with Gasteiger partial charge in [-0.1, -0.05) is 33.3 Å². The molecule has 0 unspecified atom stereocenters. The summed E-state index contributed by atoms with van der Waals surface area (Å²) in [6.07, 6.45) is 2.99.